The summed E-state index contributed by atoms with van der Waals surface area (Å²) in [6.07, 6.45) is 15.1. The number of hydrogen-bond acceptors (Lipinski definition) is 3. The zero-order valence-corrected chi connectivity index (χ0v) is 15.4. The molecular formula is C22H31NO2. The van der Waals surface area contributed by atoms with Gasteiger partial charge in [-0.15, -0.1) is 0 Å². The van der Waals surface area contributed by atoms with Crippen LogP contribution in [0.5, 0.6) is 0 Å². The molecule has 6 atom stereocenters. The Kier molecular flexibility index (Phi) is 4.67. The van der Waals surface area contributed by atoms with Gasteiger partial charge in [-0.1, -0.05) is 12.5 Å². The van der Waals surface area contributed by atoms with Gasteiger partial charge in [-0.05, 0) is 79.3 Å². The normalized spacial score (nSPS) is 40.7. The van der Waals surface area contributed by atoms with Crippen LogP contribution < -0.4 is 0 Å². The van der Waals surface area contributed by atoms with Crippen molar-refractivity contribution in [3.05, 3.63) is 23.5 Å². The minimum Gasteiger partial charge on any atom is -0.501 e. The predicted octanol–water partition coefficient (Wildman–Crippen LogP) is 4.59. The first-order valence-corrected chi connectivity index (χ1v) is 10.2. The van der Waals surface area contributed by atoms with E-state index in [0.717, 1.165) is 24.0 Å². The van der Waals surface area contributed by atoms with Crippen LogP contribution in [0.25, 0.3) is 0 Å². The van der Waals surface area contributed by atoms with Gasteiger partial charge in [0.1, 0.15) is 0 Å². The van der Waals surface area contributed by atoms with Crippen molar-refractivity contribution in [2.75, 3.05) is 13.7 Å². The third kappa shape index (κ3) is 2.65. The number of aliphatic hydroxyl groups excluding tert-OH is 1. The number of ether oxygens (including phenoxy) is 1. The number of nitriles is 1. The van der Waals surface area contributed by atoms with Crippen molar-refractivity contribution < 1.29 is 9.84 Å². The van der Waals surface area contributed by atoms with Gasteiger partial charge in [0.2, 0.25) is 0 Å². The van der Waals surface area contributed by atoms with Gasteiger partial charge >= 0.3 is 0 Å². The zero-order chi connectivity index (χ0) is 17.4. The van der Waals surface area contributed by atoms with Gasteiger partial charge < -0.3 is 9.84 Å². The fourth-order valence-corrected chi connectivity index (χ4v) is 7.07. The van der Waals surface area contributed by atoms with Crippen LogP contribution in [0.3, 0.4) is 0 Å². The predicted molar refractivity (Wildman–Crippen MR) is 97.3 cm³/mol. The smallest absolute Gasteiger partial charge is 0.0958 e. The Morgan fingerprint density at radius 2 is 2.20 bits per heavy atom. The Morgan fingerprint density at radius 1 is 1.32 bits per heavy atom. The van der Waals surface area contributed by atoms with Crippen molar-refractivity contribution in [3.8, 4) is 6.07 Å². The van der Waals surface area contributed by atoms with E-state index in [0.29, 0.717) is 18.3 Å². The van der Waals surface area contributed by atoms with E-state index in [-0.39, 0.29) is 17.9 Å². The maximum absolute atomic E-state index is 10.0. The summed E-state index contributed by atoms with van der Waals surface area (Å²) in [6.45, 7) is 0.186. The van der Waals surface area contributed by atoms with E-state index in [4.69, 9.17) is 4.74 Å². The molecule has 0 radical (unpaired) electrons. The fraction of sp³-hybridized carbons (Fsp3) is 0.773. The van der Waals surface area contributed by atoms with Gasteiger partial charge in [0.15, 0.2) is 0 Å². The Hall–Kier alpha value is -1.27. The average Bonchev–Trinajstić information content (AvgIpc) is 3.10. The molecule has 0 aliphatic heterocycles. The van der Waals surface area contributed by atoms with E-state index in [9.17, 15) is 10.4 Å². The zero-order valence-electron chi connectivity index (χ0n) is 15.4. The molecule has 0 heterocycles. The first-order chi connectivity index (χ1) is 12.2. The number of allylic oxidation sites excluding steroid dienone is 4. The van der Waals surface area contributed by atoms with E-state index < -0.39 is 0 Å². The van der Waals surface area contributed by atoms with Crippen molar-refractivity contribution in [2.45, 2.75) is 57.8 Å². The minimum absolute atomic E-state index is 0.183. The lowest BCUT2D eigenvalue weighted by molar-refractivity contribution is -0.0512. The first-order valence-electron chi connectivity index (χ1n) is 10.2. The number of fused-ring (bicyclic) bond motifs is 5. The molecule has 3 heteroatoms. The molecule has 0 aromatic heterocycles. The fourth-order valence-electron chi connectivity index (χ4n) is 7.07. The van der Waals surface area contributed by atoms with Gasteiger partial charge in [0.25, 0.3) is 0 Å². The van der Waals surface area contributed by atoms with Crippen molar-refractivity contribution in [2.24, 2.45) is 35.0 Å². The standard InChI is InChI=1S/C22H31NO2/c1-25-17-5-7-18-15(13-17)4-6-20-19(18)8-11-22(10-2-3-21(20)22)16(14-24)9-12-23/h4,13,16,18-21,24H,2-3,5-11,14H2,1H3/t16?,18-,19+,20+,21-,22?/m0/s1. The number of aliphatic hydroxyl groups is 1. The topological polar surface area (TPSA) is 53.2 Å². The molecule has 4 rings (SSSR count). The summed E-state index contributed by atoms with van der Waals surface area (Å²) in [5.41, 5.74) is 1.75. The Morgan fingerprint density at radius 3 is 2.96 bits per heavy atom. The lowest BCUT2D eigenvalue weighted by Gasteiger charge is -2.55. The highest BCUT2D eigenvalue weighted by Gasteiger charge is 2.56. The minimum atomic E-state index is 0.183. The molecule has 0 amide bonds. The van der Waals surface area contributed by atoms with Crippen molar-refractivity contribution >= 4 is 0 Å². The lowest BCUT2D eigenvalue weighted by Crippen LogP contribution is -2.48. The second kappa shape index (κ2) is 6.80. The van der Waals surface area contributed by atoms with Gasteiger partial charge in [-0.3, -0.25) is 0 Å². The van der Waals surface area contributed by atoms with E-state index in [1.807, 2.05) is 0 Å². The van der Waals surface area contributed by atoms with Crippen molar-refractivity contribution in [1.82, 2.24) is 0 Å². The lowest BCUT2D eigenvalue weighted by atomic mass is 9.50. The molecule has 0 aromatic rings. The number of hydrogen-bond donors (Lipinski definition) is 1. The molecule has 4 aliphatic rings. The molecule has 0 saturated heterocycles. The molecule has 0 spiro atoms. The van der Waals surface area contributed by atoms with Crippen LogP contribution in [-0.4, -0.2) is 18.8 Å². The second-order valence-corrected chi connectivity index (χ2v) is 8.74. The summed E-state index contributed by atoms with van der Waals surface area (Å²) in [7, 11) is 1.79. The van der Waals surface area contributed by atoms with Gasteiger partial charge in [-0.25, -0.2) is 0 Å². The largest absolute Gasteiger partial charge is 0.501 e. The highest BCUT2D eigenvalue weighted by Crippen LogP contribution is 2.64. The Bertz CT molecular complexity index is 616. The molecular weight excluding hydrogens is 310 g/mol. The maximum Gasteiger partial charge on any atom is 0.0958 e. The van der Waals surface area contributed by atoms with Gasteiger partial charge in [0.05, 0.1) is 18.9 Å². The van der Waals surface area contributed by atoms with Crippen LogP contribution in [0.15, 0.2) is 23.5 Å². The van der Waals surface area contributed by atoms with Crippen LogP contribution in [0, 0.1) is 46.3 Å². The number of methoxy groups -OCH3 is 1. The Labute approximate surface area is 151 Å². The van der Waals surface area contributed by atoms with Crippen LogP contribution >= 0.6 is 0 Å². The highest BCUT2D eigenvalue weighted by molar-refractivity contribution is 5.31. The van der Waals surface area contributed by atoms with Crippen LogP contribution in [-0.2, 0) is 4.74 Å². The van der Waals surface area contributed by atoms with E-state index in [1.54, 1.807) is 7.11 Å². The summed E-state index contributed by atoms with van der Waals surface area (Å²) in [6, 6.07) is 2.36. The molecule has 2 saturated carbocycles. The summed E-state index contributed by atoms with van der Waals surface area (Å²) < 4.78 is 5.50. The summed E-state index contributed by atoms with van der Waals surface area (Å²) in [4.78, 5) is 0. The van der Waals surface area contributed by atoms with Crippen LogP contribution in [0.2, 0.25) is 0 Å². The Balaban J connectivity index is 1.62. The molecule has 25 heavy (non-hydrogen) atoms. The van der Waals surface area contributed by atoms with Gasteiger partial charge in [0, 0.05) is 25.4 Å². The van der Waals surface area contributed by atoms with E-state index in [2.05, 4.69) is 18.2 Å². The maximum atomic E-state index is 10.0. The highest BCUT2D eigenvalue weighted by atomic mass is 16.5. The molecule has 0 bridgehead atoms. The molecule has 136 valence electrons. The first kappa shape index (κ1) is 17.2. The average molecular weight is 341 g/mol. The molecule has 1 N–H and O–H groups in total. The third-order valence-electron chi connectivity index (χ3n) is 8.14. The molecule has 0 aromatic carbocycles. The number of rotatable bonds is 4. The molecule has 2 unspecified atom stereocenters. The SMILES string of the molecule is COC1=CC2=CC[C@@H]3[C@H](CCC4(C(CO)CC#N)CCC[C@@H]34)[C@H]2CC1. The summed E-state index contributed by atoms with van der Waals surface area (Å²) >= 11 is 0. The van der Waals surface area contributed by atoms with E-state index >= 15 is 0 Å². The van der Waals surface area contributed by atoms with Gasteiger partial charge in [-0.2, -0.15) is 5.26 Å². The van der Waals surface area contributed by atoms with Crippen LogP contribution in [0.4, 0.5) is 0 Å². The van der Waals surface area contributed by atoms with E-state index in [1.165, 1.54) is 50.5 Å². The molecule has 3 nitrogen and oxygen atoms in total. The van der Waals surface area contributed by atoms with Crippen LogP contribution in [0.1, 0.15) is 57.8 Å². The third-order valence-corrected chi connectivity index (χ3v) is 8.14. The number of nitrogens with zero attached hydrogens (tertiary/aromatic N) is 1. The summed E-state index contributed by atoms with van der Waals surface area (Å²) in [5.74, 6) is 4.30. The van der Waals surface area contributed by atoms with Crippen molar-refractivity contribution in [3.63, 3.8) is 0 Å². The summed E-state index contributed by atoms with van der Waals surface area (Å²) in [5, 5.41) is 19.3. The monoisotopic (exact) mass is 341 g/mol. The molecule has 4 aliphatic carbocycles. The van der Waals surface area contributed by atoms with Crippen molar-refractivity contribution in [1.29, 1.82) is 5.26 Å². The molecule has 2 fully saturated rings. The second-order valence-electron chi connectivity index (χ2n) is 8.74. The quantitative estimate of drug-likeness (QED) is 0.813.